The average Bonchev–Trinajstić information content (AvgIpc) is 2.16. The van der Waals surface area contributed by atoms with Crippen molar-refractivity contribution in [2.24, 2.45) is 0 Å². The highest BCUT2D eigenvalue weighted by atomic mass is 16.6. The fraction of sp³-hybridized carbons (Fsp3) is 0.250. The van der Waals surface area contributed by atoms with Gasteiger partial charge in [-0.25, -0.2) is 0 Å². The molecule has 1 aromatic rings. The Morgan fingerprint density at radius 1 is 1.23 bits per heavy atom. The van der Waals surface area contributed by atoms with Gasteiger partial charge in [-0.05, 0) is 6.07 Å². The summed E-state index contributed by atoms with van der Waals surface area (Å²) in [5, 5.41) is 10.4. The quantitative estimate of drug-likeness (QED) is 0.527. The number of hydrogen-bond donors (Lipinski definition) is 0. The summed E-state index contributed by atoms with van der Waals surface area (Å²) in [6.45, 7) is 0. The van der Waals surface area contributed by atoms with Gasteiger partial charge in [0.15, 0.2) is 11.5 Å². The van der Waals surface area contributed by atoms with Crippen LogP contribution in [0.3, 0.4) is 0 Å². The number of nitro groups is 1. The van der Waals surface area contributed by atoms with Crippen LogP contribution in [0, 0.1) is 10.1 Å². The Morgan fingerprint density at radius 2 is 1.85 bits per heavy atom. The number of ether oxygens (including phenoxy) is 2. The van der Waals surface area contributed by atoms with Crippen molar-refractivity contribution in [1.82, 2.24) is 0 Å². The Bertz CT molecular complexity index is 324. The van der Waals surface area contributed by atoms with Gasteiger partial charge in [-0.15, -0.1) is 0 Å². The van der Waals surface area contributed by atoms with E-state index in [0.29, 0.717) is 11.5 Å². The summed E-state index contributed by atoms with van der Waals surface area (Å²) >= 11 is 0. The van der Waals surface area contributed by atoms with E-state index in [4.69, 9.17) is 9.47 Å². The largest absolute Gasteiger partial charge is 0.493 e. The second-order valence-corrected chi connectivity index (χ2v) is 2.30. The first-order valence-electron chi connectivity index (χ1n) is 3.55. The fourth-order valence-corrected chi connectivity index (χ4v) is 0.938. The summed E-state index contributed by atoms with van der Waals surface area (Å²) in [4.78, 5) is 9.89. The molecule has 0 unspecified atom stereocenters. The molecule has 0 saturated carbocycles. The van der Waals surface area contributed by atoms with Crippen LogP contribution in [0.4, 0.5) is 5.69 Å². The standard InChI is InChI=1S/C8H9NO4/c1-12-7-4-3-6(9(10)11)5-8(7)13-2/h3-5H,1-2H3. The van der Waals surface area contributed by atoms with Crippen LogP contribution in [0.2, 0.25) is 0 Å². The van der Waals surface area contributed by atoms with E-state index in [0.717, 1.165) is 0 Å². The highest BCUT2D eigenvalue weighted by molar-refractivity contribution is 5.48. The molecule has 0 radical (unpaired) electrons. The van der Waals surface area contributed by atoms with Crippen molar-refractivity contribution < 1.29 is 14.4 Å². The van der Waals surface area contributed by atoms with E-state index in [9.17, 15) is 10.1 Å². The molecule has 0 atom stereocenters. The second kappa shape index (κ2) is 3.75. The summed E-state index contributed by atoms with van der Waals surface area (Å²) in [5.41, 5.74) is -0.0161. The van der Waals surface area contributed by atoms with Gasteiger partial charge in [0.2, 0.25) is 0 Å². The van der Waals surface area contributed by atoms with Gasteiger partial charge in [-0.1, -0.05) is 0 Å². The zero-order valence-corrected chi connectivity index (χ0v) is 7.31. The minimum Gasteiger partial charge on any atom is -0.493 e. The van der Waals surface area contributed by atoms with Crippen molar-refractivity contribution >= 4 is 5.69 Å². The minimum absolute atomic E-state index is 0.0161. The molecule has 0 saturated heterocycles. The smallest absolute Gasteiger partial charge is 0.273 e. The number of nitrogens with zero attached hydrogens (tertiary/aromatic N) is 1. The fourth-order valence-electron chi connectivity index (χ4n) is 0.938. The Kier molecular flexibility index (Phi) is 2.69. The van der Waals surface area contributed by atoms with E-state index in [1.807, 2.05) is 0 Å². The van der Waals surface area contributed by atoms with E-state index in [-0.39, 0.29) is 5.69 Å². The summed E-state index contributed by atoms with van der Waals surface area (Å²) in [7, 11) is 2.91. The molecule has 0 aliphatic carbocycles. The molecule has 70 valence electrons. The van der Waals surface area contributed by atoms with E-state index in [1.165, 1.54) is 32.4 Å². The number of rotatable bonds is 3. The van der Waals surface area contributed by atoms with Crippen LogP contribution >= 0.6 is 0 Å². The van der Waals surface area contributed by atoms with Crippen LogP contribution in [0.15, 0.2) is 18.2 Å². The van der Waals surface area contributed by atoms with Gasteiger partial charge in [0.1, 0.15) is 0 Å². The molecule has 0 aliphatic heterocycles. The monoisotopic (exact) mass is 183 g/mol. The maximum absolute atomic E-state index is 10.4. The topological polar surface area (TPSA) is 61.6 Å². The van der Waals surface area contributed by atoms with Gasteiger partial charge in [-0.3, -0.25) is 10.1 Å². The number of non-ortho nitro benzene ring substituents is 1. The lowest BCUT2D eigenvalue weighted by Gasteiger charge is -2.05. The molecule has 0 heterocycles. The summed E-state index contributed by atoms with van der Waals surface area (Å²) < 4.78 is 9.82. The highest BCUT2D eigenvalue weighted by Crippen LogP contribution is 2.30. The van der Waals surface area contributed by atoms with Crippen LogP contribution in [0.1, 0.15) is 0 Å². The minimum atomic E-state index is -0.484. The first-order valence-corrected chi connectivity index (χ1v) is 3.55. The van der Waals surface area contributed by atoms with Crippen molar-refractivity contribution in [3.05, 3.63) is 28.3 Å². The zero-order chi connectivity index (χ0) is 9.84. The second-order valence-electron chi connectivity index (χ2n) is 2.30. The first-order chi connectivity index (χ1) is 6.19. The van der Waals surface area contributed by atoms with Crippen LogP contribution in [0.25, 0.3) is 0 Å². The number of benzene rings is 1. The molecule has 0 aliphatic rings. The van der Waals surface area contributed by atoms with Crippen LogP contribution in [-0.4, -0.2) is 19.1 Å². The Hall–Kier alpha value is -1.78. The van der Waals surface area contributed by atoms with Gasteiger partial charge < -0.3 is 9.47 Å². The van der Waals surface area contributed by atoms with Crippen molar-refractivity contribution in [3.63, 3.8) is 0 Å². The van der Waals surface area contributed by atoms with Crippen LogP contribution < -0.4 is 9.47 Å². The molecule has 0 fully saturated rings. The van der Waals surface area contributed by atoms with E-state index in [2.05, 4.69) is 0 Å². The van der Waals surface area contributed by atoms with Gasteiger partial charge >= 0.3 is 0 Å². The Morgan fingerprint density at radius 3 is 2.31 bits per heavy atom. The lowest BCUT2D eigenvalue weighted by atomic mass is 10.3. The highest BCUT2D eigenvalue weighted by Gasteiger charge is 2.10. The normalized spacial score (nSPS) is 9.38. The summed E-state index contributed by atoms with van der Waals surface area (Å²) in [5.74, 6) is 0.838. The SMILES string of the molecule is COc1ccc([N+](=O)[O-])cc1OC. The molecule has 1 aromatic carbocycles. The third-order valence-corrected chi connectivity index (χ3v) is 1.58. The third-order valence-electron chi connectivity index (χ3n) is 1.58. The van der Waals surface area contributed by atoms with Crippen molar-refractivity contribution in [3.8, 4) is 11.5 Å². The zero-order valence-electron chi connectivity index (χ0n) is 7.31. The molecule has 0 aromatic heterocycles. The summed E-state index contributed by atoms with van der Waals surface area (Å²) in [6.07, 6.45) is 0. The van der Waals surface area contributed by atoms with Gasteiger partial charge in [0.05, 0.1) is 25.2 Å². The predicted molar refractivity (Wildman–Crippen MR) is 46.2 cm³/mol. The van der Waals surface area contributed by atoms with Gasteiger partial charge in [-0.2, -0.15) is 0 Å². The van der Waals surface area contributed by atoms with Crippen LogP contribution in [0.5, 0.6) is 11.5 Å². The number of nitro benzene ring substituents is 1. The van der Waals surface area contributed by atoms with E-state index < -0.39 is 4.92 Å². The molecule has 0 N–H and O–H groups in total. The molecular weight excluding hydrogens is 174 g/mol. The lowest BCUT2D eigenvalue weighted by molar-refractivity contribution is -0.384. The molecule has 0 spiro atoms. The lowest BCUT2D eigenvalue weighted by Crippen LogP contribution is -1.93. The Balaban J connectivity index is 3.13. The maximum Gasteiger partial charge on any atom is 0.273 e. The van der Waals surface area contributed by atoms with Crippen LogP contribution in [-0.2, 0) is 0 Å². The molecule has 1 rings (SSSR count). The van der Waals surface area contributed by atoms with E-state index in [1.54, 1.807) is 0 Å². The molecule has 0 bridgehead atoms. The number of methoxy groups -OCH3 is 2. The Labute approximate surface area is 75.0 Å². The number of hydrogen-bond acceptors (Lipinski definition) is 4. The third kappa shape index (κ3) is 1.87. The van der Waals surface area contributed by atoms with E-state index >= 15 is 0 Å². The molecule has 5 heteroatoms. The summed E-state index contributed by atoms with van der Waals surface area (Å²) in [6, 6.07) is 4.18. The van der Waals surface area contributed by atoms with Crippen molar-refractivity contribution in [1.29, 1.82) is 0 Å². The van der Waals surface area contributed by atoms with Gasteiger partial charge in [0, 0.05) is 6.07 Å². The molecule has 0 amide bonds. The van der Waals surface area contributed by atoms with Gasteiger partial charge in [0.25, 0.3) is 5.69 Å². The maximum atomic E-state index is 10.4. The molecule has 5 nitrogen and oxygen atoms in total. The molecular formula is C8H9NO4. The average molecular weight is 183 g/mol. The first kappa shape index (κ1) is 9.31. The van der Waals surface area contributed by atoms with Crippen molar-refractivity contribution in [2.75, 3.05) is 14.2 Å². The van der Waals surface area contributed by atoms with Crippen molar-refractivity contribution in [2.45, 2.75) is 0 Å². The molecule has 13 heavy (non-hydrogen) atoms. The predicted octanol–water partition coefficient (Wildman–Crippen LogP) is 1.61.